The smallest absolute Gasteiger partial charge is 0.274 e. The van der Waals surface area contributed by atoms with E-state index in [1.165, 1.54) is 0 Å². The molecule has 0 fully saturated rings. The number of halogens is 5. The molecule has 10 heteroatoms. The Bertz CT molecular complexity index is 406. The summed E-state index contributed by atoms with van der Waals surface area (Å²) >= 11 is 0. The molecule has 16 heavy (non-hydrogen) atoms. The van der Waals surface area contributed by atoms with Crippen LogP contribution in [-0.2, 0) is 14.8 Å². The molecule has 0 heterocycles. The van der Waals surface area contributed by atoms with Crippen LogP contribution in [0.25, 0.3) is 0 Å². The Hall–Kier alpha value is -1.19. The minimum Gasteiger partial charge on any atom is -0.274 e. The monoisotopic (exact) mass is 267 g/mol. The summed E-state index contributed by atoms with van der Waals surface area (Å²) in [5.74, 6) is -4.87. The minimum atomic E-state index is -5.88. The third-order valence-corrected chi connectivity index (χ3v) is 2.35. The van der Waals surface area contributed by atoms with Gasteiger partial charge in [-0.1, -0.05) is 0 Å². The van der Waals surface area contributed by atoms with Crippen molar-refractivity contribution in [2.24, 2.45) is 0 Å². The molecule has 0 aliphatic rings. The van der Waals surface area contributed by atoms with Gasteiger partial charge >= 0.3 is 15.5 Å². The molecular formula is C6H6F5NO3S. The lowest BCUT2D eigenvalue weighted by Crippen LogP contribution is -2.40. The van der Waals surface area contributed by atoms with Crippen molar-refractivity contribution in [2.45, 2.75) is 18.9 Å². The molecule has 94 valence electrons. The molecule has 0 bridgehead atoms. The van der Waals surface area contributed by atoms with E-state index in [0.717, 1.165) is 0 Å². The third-order valence-electron chi connectivity index (χ3n) is 1.24. The van der Waals surface area contributed by atoms with E-state index in [1.54, 1.807) is 0 Å². The van der Waals surface area contributed by atoms with Crippen molar-refractivity contribution in [1.82, 2.24) is 4.72 Å². The number of hydrogen-bond acceptors (Lipinski definition) is 3. The van der Waals surface area contributed by atoms with Crippen molar-refractivity contribution in [2.75, 3.05) is 0 Å². The second-order valence-corrected chi connectivity index (χ2v) is 4.26. The number of alkyl halides is 3. The molecule has 0 atom stereocenters. The van der Waals surface area contributed by atoms with Crippen molar-refractivity contribution < 1.29 is 35.2 Å². The van der Waals surface area contributed by atoms with Gasteiger partial charge in [-0.25, -0.2) is 13.5 Å². The van der Waals surface area contributed by atoms with Crippen molar-refractivity contribution in [3.8, 4) is 0 Å². The summed E-state index contributed by atoms with van der Waals surface area (Å²) in [6, 6.07) is 0. The number of rotatable bonds is 3. The number of hydrogen-bond donors (Lipinski definition) is 1. The van der Waals surface area contributed by atoms with Crippen LogP contribution in [0.4, 0.5) is 22.0 Å². The summed E-state index contributed by atoms with van der Waals surface area (Å²) in [6.45, 7) is 0.626. The molecule has 0 aromatic heterocycles. The minimum absolute atomic E-state index is 0.549. The second-order valence-electron chi connectivity index (χ2n) is 2.59. The van der Waals surface area contributed by atoms with E-state index in [9.17, 15) is 35.2 Å². The van der Waals surface area contributed by atoms with E-state index in [1.807, 2.05) is 0 Å². The van der Waals surface area contributed by atoms with Gasteiger partial charge in [0.2, 0.25) is 5.91 Å². The molecule has 0 rings (SSSR count). The number of carbonyl (C=O) groups excluding carboxylic acids is 1. The lowest BCUT2D eigenvalue weighted by molar-refractivity contribution is -0.119. The van der Waals surface area contributed by atoms with Crippen LogP contribution in [-0.4, -0.2) is 19.8 Å². The van der Waals surface area contributed by atoms with Crippen LogP contribution in [0.2, 0.25) is 0 Å². The van der Waals surface area contributed by atoms with Gasteiger partial charge in [0.1, 0.15) is 11.7 Å². The zero-order valence-electron chi connectivity index (χ0n) is 7.73. The maximum Gasteiger partial charge on any atom is 0.516 e. The van der Waals surface area contributed by atoms with Crippen molar-refractivity contribution >= 4 is 15.9 Å². The average molecular weight is 267 g/mol. The zero-order chi connectivity index (χ0) is 13.1. The van der Waals surface area contributed by atoms with Gasteiger partial charge in [0.25, 0.3) is 0 Å². The van der Waals surface area contributed by atoms with Gasteiger partial charge < -0.3 is 0 Å². The molecule has 0 radical (unpaired) electrons. The van der Waals surface area contributed by atoms with Crippen LogP contribution in [0.5, 0.6) is 0 Å². The fourth-order valence-electron chi connectivity index (χ4n) is 0.507. The van der Waals surface area contributed by atoms with E-state index < -0.39 is 39.5 Å². The quantitative estimate of drug-likeness (QED) is 0.788. The SMILES string of the molecule is C/C(F)=C(/F)CC(=O)NS(=O)(=O)C(F)(F)F. The van der Waals surface area contributed by atoms with E-state index >= 15 is 0 Å². The Morgan fingerprint density at radius 3 is 2.00 bits per heavy atom. The molecular weight excluding hydrogens is 261 g/mol. The van der Waals surface area contributed by atoms with Crippen molar-refractivity contribution in [1.29, 1.82) is 0 Å². The predicted octanol–water partition coefficient (Wildman–Crippen LogP) is 1.51. The Labute approximate surface area is 87.2 Å². The van der Waals surface area contributed by atoms with Gasteiger partial charge in [-0.2, -0.15) is 21.6 Å². The Kier molecular flexibility index (Phi) is 4.41. The summed E-state index contributed by atoms with van der Waals surface area (Å²) in [5.41, 5.74) is -5.69. The van der Waals surface area contributed by atoms with Gasteiger partial charge in [0.05, 0.1) is 6.42 Å². The topological polar surface area (TPSA) is 63.2 Å². The van der Waals surface area contributed by atoms with E-state index in [-0.39, 0.29) is 0 Å². The van der Waals surface area contributed by atoms with E-state index in [0.29, 0.717) is 11.6 Å². The largest absolute Gasteiger partial charge is 0.516 e. The number of allylic oxidation sites excluding steroid dienone is 1. The molecule has 0 aliphatic carbocycles. The first kappa shape index (κ1) is 14.8. The molecule has 0 aromatic carbocycles. The standard InChI is InChI=1S/C6H6F5NO3S/c1-3(7)4(8)2-5(13)12-16(14,15)6(9,10)11/h2H2,1H3,(H,12,13)/b4-3-. The Morgan fingerprint density at radius 2 is 1.69 bits per heavy atom. The Balaban J connectivity index is 4.68. The number of carbonyl (C=O) groups is 1. The average Bonchev–Trinajstić information content (AvgIpc) is 1.99. The fourth-order valence-corrected chi connectivity index (χ4v) is 0.994. The van der Waals surface area contributed by atoms with Gasteiger partial charge in [0, 0.05) is 0 Å². The summed E-state index contributed by atoms with van der Waals surface area (Å²) in [6.07, 6.45) is -1.42. The summed E-state index contributed by atoms with van der Waals surface area (Å²) < 4.78 is 80.8. The lowest BCUT2D eigenvalue weighted by Gasteiger charge is -2.08. The molecule has 0 aliphatic heterocycles. The third kappa shape index (κ3) is 4.13. The van der Waals surface area contributed by atoms with Crippen LogP contribution in [0.3, 0.4) is 0 Å². The highest BCUT2D eigenvalue weighted by Crippen LogP contribution is 2.22. The highest BCUT2D eigenvalue weighted by Gasteiger charge is 2.47. The van der Waals surface area contributed by atoms with Gasteiger partial charge in [-0.3, -0.25) is 4.79 Å². The molecule has 0 spiro atoms. The van der Waals surface area contributed by atoms with E-state index in [2.05, 4.69) is 0 Å². The zero-order valence-corrected chi connectivity index (χ0v) is 8.55. The number of sulfonamides is 1. The van der Waals surface area contributed by atoms with Crippen molar-refractivity contribution in [3.05, 3.63) is 11.7 Å². The van der Waals surface area contributed by atoms with Gasteiger partial charge in [-0.05, 0) is 6.92 Å². The first-order chi connectivity index (χ1) is 6.97. The Morgan fingerprint density at radius 1 is 1.25 bits per heavy atom. The fraction of sp³-hybridized carbons (Fsp3) is 0.500. The summed E-state index contributed by atoms with van der Waals surface area (Å²) in [5, 5.41) is 0. The van der Waals surface area contributed by atoms with Gasteiger partial charge in [-0.15, -0.1) is 0 Å². The summed E-state index contributed by atoms with van der Waals surface area (Å²) in [7, 11) is -5.88. The molecule has 4 nitrogen and oxygen atoms in total. The molecule has 0 unspecified atom stereocenters. The normalized spacial score (nSPS) is 14.4. The van der Waals surface area contributed by atoms with Crippen LogP contribution in [0.1, 0.15) is 13.3 Å². The van der Waals surface area contributed by atoms with Crippen LogP contribution in [0.15, 0.2) is 11.7 Å². The predicted molar refractivity (Wildman–Crippen MR) is 42.7 cm³/mol. The molecule has 1 amide bonds. The van der Waals surface area contributed by atoms with Crippen molar-refractivity contribution in [3.63, 3.8) is 0 Å². The van der Waals surface area contributed by atoms with Crippen LogP contribution in [0, 0.1) is 0 Å². The molecule has 0 saturated heterocycles. The maximum absolute atomic E-state index is 12.4. The first-order valence-electron chi connectivity index (χ1n) is 3.60. The molecule has 1 N–H and O–H groups in total. The molecule has 0 aromatic rings. The highest BCUT2D eigenvalue weighted by atomic mass is 32.2. The first-order valence-corrected chi connectivity index (χ1v) is 5.08. The van der Waals surface area contributed by atoms with Crippen LogP contribution >= 0.6 is 0 Å². The van der Waals surface area contributed by atoms with Gasteiger partial charge in [0.15, 0.2) is 0 Å². The van der Waals surface area contributed by atoms with Crippen LogP contribution < -0.4 is 4.72 Å². The van der Waals surface area contributed by atoms with E-state index in [4.69, 9.17) is 0 Å². The maximum atomic E-state index is 12.4. The number of nitrogens with one attached hydrogen (secondary N) is 1. The highest BCUT2D eigenvalue weighted by molar-refractivity contribution is 7.90. The molecule has 0 saturated carbocycles. The number of amides is 1. The lowest BCUT2D eigenvalue weighted by atomic mass is 10.3. The summed E-state index contributed by atoms with van der Waals surface area (Å²) in [4.78, 5) is 10.6. The second kappa shape index (κ2) is 4.76.